The van der Waals surface area contributed by atoms with Gasteiger partial charge in [-0.2, -0.15) is 13.2 Å². The molecule has 37 heavy (non-hydrogen) atoms. The Morgan fingerprint density at radius 1 is 0.946 bits per heavy atom. The number of alkyl halides is 3. The van der Waals surface area contributed by atoms with Crippen LogP contribution in [0.3, 0.4) is 0 Å². The number of benzene rings is 3. The molecule has 2 heterocycles. The molecule has 2 aliphatic heterocycles. The molecule has 0 radical (unpaired) electrons. The first-order valence-electron chi connectivity index (χ1n) is 11.5. The molecular weight excluding hydrogens is 487 g/mol. The Hall–Kier alpha value is -4.34. The fourth-order valence-corrected chi connectivity index (χ4v) is 4.58. The molecular formula is C27H22F3N3O4. The van der Waals surface area contributed by atoms with Crippen LogP contribution in [0.15, 0.2) is 66.7 Å². The third-order valence-electron chi connectivity index (χ3n) is 6.62. The van der Waals surface area contributed by atoms with E-state index in [1.807, 2.05) is 24.3 Å². The average Bonchev–Trinajstić information content (AvgIpc) is 3.01. The number of hydrogen-bond donors (Lipinski definition) is 1. The van der Waals surface area contributed by atoms with Gasteiger partial charge in [0.15, 0.2) is 0 Å². The normalized spacial score (nSPS) is 17.5. The molecule has 1 fully saturated rings. The van der Waals surface area contributed by atoms with Crippen molar-refractivity contribution < 1.29 is 32.3 Å². The van der Waals surface area contributed by atoms with E-state index >= 15 is 0 Å². The third kappa shape index (κ3) is 4.62. The number of piperazine rings is 1. The van der Waals surface area contributed by atoms with Gasteiger partial charge < -0.3 is 19.9 Å². The smallest absolute Gasteiger partial charge is 0.416 e. The van der Waals surface area contributed by atoms with Gasteiger partial charge in [-0.1, -0.05) is 18.2 Å². The van der Waals surface area contributed by atoms with Crippen LogP contribution in [0, 0.1) is 0 Å². The SMILES string of the molecule is COc1ccc(-c2ccc3c(c2)C(=O)N2CCN(C(=O)c4ccc(C(F)(F)F)cc4)C[C@H]2C(=O)N3)cc1. The van der Waals surface area contributed by atoms with Crippen molar-refractivity contribution in [1.29, 1.82) is 0 Å². The number of halogens is 3. The first-order chi connectivity index (χ1) is 17.7. The molecule has 1 N–H and O–H groups in total. The zero-order chi connectivity index (χ0) is 26.3. The summed E-state index contributed by atoms with van der Waals surface area (Å²) in [4.78, 5) is 42.3. The van der Waals surface area contributed by atoms with Crippen LogP contribution < -0.4 is 10.1 Å². The Bertz CT molecular complexity index is 1370. The van der Waals surface area contributed by atoms with Crippen LogP contribution in [-0.4, -0.2) is 60.3 Å². The molecule has 5 rings (SSSR count). The molecule has 7 nitrogen and oxygen atoms in total. The van der Waals surface area contributed by atoms with Crippen molar-refractivity contribution in [2.75, 3.05) is 32.1 Å². The zero-order valence-corrected chi connectivity index (χ0v) is 19.7. The topological polar surface area (TPSA) is 79.0 Å². The predicted molar refractivity (Wildman–Crippen MR) is 129 cm³/mol. The van der Waals surface area contributed by atoms with E-state index in [2.05, 4.69) is 5.32 Å². The lowest BCUT2D eigenvalue weighted by atomic mass is 10.0. The maximum atomic E-state index is 13.5. The molecule has 0 bridgehead atoms. The monoisotopic (exact) mass is 509 g/mol. The Morgan fingerprint density at radius 3 is 2.27 bits per heavy atom. The van der Waals surface area contributed by atoms with Crippen LogP contribution in [0.1, 0.15) is 26.3 Å². The van der Waals surface area contributed by atoms with E-state index in [4.69, 9.17) is 4.74 Å². The van der Waals surface area contributed by atoms with Crippen LogP contribution >= 0.6 is 0 Å². The minimum absolute atomic E-state index is 0.0727. The number of ether oxygens (including phenoxy) is 1. The minimum Gasteiger partial charge on any atom is -0.497 e. The van der Waals surface area contributed by atoms with Gasteiger partial charge >= 0.3 is 6.18 Å². The summed E-state index contributed by atoms with van der Waals surface area (Å²) in [6, 6.07) is 15.6. The minimum atomic E-state index is -4.51. The summed E-state index contributed by atoms with van der Waals surface area (Å²) >= 11 is 0. The second-order valence-electron chi connectivity index (χ2n) is 8.82. The van der Waals surface area contributed by atoms with Crippen molar-refractivity contribution in [3.8, 4) is 16.9 Å². The molecule has 1 saturated heterocycles. The number of anilines is 1. The second kappa shape index (κ2) is 9.27. The highest BCUT2D eigenvalue weighted by atomic mass is 19.4. The molecule has 3 aromatic rings. The first-order valence-corrected chi connectivity index (χ1v) is 11.5. The van der Waals surface area contributed by atoms with E-state index in [0.717, 1.165) is 35.4 Å². The maximum Gasteiger partial charge on any atom is 0.416 e. The number of nitrogens with zero attached hydrogens (tertiary/aromatic N) is 2. The highest BCUT2D eigenvalue weighted by Crippen LogP contribution is 2.32. The summed E-state index contributed by atoms with van der Waals surface area (Å²) < 4.78 is 43.8. The molecule has 2 aliphatic rings. The second-order valence-corrected chi connectivity index (χ2v) is 8.82. The lowest BCUT2D eigenvalue weighted by Gasteiger charge is -2.39. The summed E-state index contributed by atoms with van der Waals surface area (Å²) in [6.45, 7) is 0.176. The number of hydrogen-bond acceptors (Lipinski definition) is 4. The lowest BCUT2D eigenvalue weighted by molar-refractivity contribution is -0.137. The summed E-state index contributed by atoms with van der Waals surface area (Å²) in [5, 5.41) is 2.79. The summed E-state index contributed by atoms with van der Waals surface area (Å²) in [6.07, 6.45) is -4.51. The Morgan fingerprint density at radius 2 is 1.62 bits per heavy atom. The molecule has 0 aromatic heterocycles. The molecule has 10 heteroatoms. The van der Waals surface area contributed by atoms with E-state index in [0.29, 0.717) is 17.0 Å². The van der Waals surface area contributed by atoms with Gasteiger partial charge in [0.05, 0.1) is 30.5 Å². The number of carbonyl (C=O) groups excluding carboxylic acids is 3. The zero-order valence-electron chi connectivity index (χ0n) is 19.7. The van der Waals surface area contributed by atoms with Gasteiger partial charge in [0.25, 0.3) is 11.8 Å². The summed E-state index contributed by atoms with van der Waals surface area (Å²) in [5.74, 6) is -0.574. The molecule has 0 aliphatic carbocycles. The molecule has 1 atom stereocenters. The number of nitrogens with one attached hydrogen (secondary N) is 1. The lowest BCUT2D eigenvalue weighted by Crippen LogP contribution is -2.59. The highest BCUT2D eigenvalue weighted by molar-refractivity contribution is 6.11. The summed E-state index contributed by atoms with van der Waals surface area (Å²) in [7, 11) is 1.58. The van der Waals surface area contributed by atoms with E-state index in [1.165, 1.54) is 9.80 Å². The van der Waals surface area contributed by atoms with Crippen molar-refractivity contribution in [2.24, 2.45) is 0 Å². The third-order valence-corrected chi connectivity index (χ3v) is 6.62. The van der Waals surface area contributed by atoms with Crippen molar-refractivity contribution in [2.45, 2.75) is 12.2 Å². The predicted octanol–water partition coefficient (Wildman–Crippen LogP) is 4.30. The highest BCUT2D eigenvalue weighted by Gasteiger charge is 2.40. The van der Waals surface area contributed by atoms with Gasteiger partial charge in [-0.25, -0.2) is 0 Å². The standard InChI is InChI=1S/C27H22F3N3O4/c1-37-20-9-4-16(5-10-20)18-6-11-22-21(14-18)26(36)33-13-12-32(15-23(33)24(34)31-22)25(35)17-2-7-19(8-3-17)27(28,29)30/h2-11,14,23H,12-13,15H2,1H3,(H,31,34)/t23-/m0/s1. The van der Waals surface area contributed by atoms with Crippen LogP contribution in [-0.2, 0) is 11.0 Å². The van der Waals surface area contributed by atoms with Gasteiger partial charge in [-0.15, -0.1) is 0 Å². The number of amides is 3. The van der Waals surface area contributed by atoms with Crippen LogP contribution in [0.25, 0.3) is 11.1 Å². The number of rotatable bonds is 3. The average molecular weight is 509 g/mol. The van der Waals surface area contributed by atoms with Gasteiger partial charge in [-0.05, 0) is 59.7 Å². The van der Waals surface area contributed by atoms with E-state index in [-0.39, 0.29) is 31.1 Å². The van der Waals surface area contributed by atoms with E-state index in [9.17, 15) is 27.6 Å². The van der Waals surface area contributed by atoms with Gasteiger partial charge in [0.2, 0.25) is 5.91 Å². The van der Waals surface area contributed by atoms with Gasteiger partial charge in [0.1, 0.15) is 11.8 Å². The number of fused-ring (bicyclic) bond motifs is 2. The largest absolute Gasteiger partial charge is 0.497 e. The van der Waals surface area contributed by atoms with Crippen LogP contribution in [0.5, 0.6) is 5.75 Å². The van der Waals surface area contributed by atoms with Crippen molar-refractivity contribution in [1.82, 2.24) is 9.80 Å². The van der Waals surface area contributed by atoms with Gasteiger partial charge in [-0.3, -0.25) is 14.4 Å². The molecule has 0 unspecified atom stereocenters. The molecule has 190 valence electrons. The molecule has 3 aromatic carbocycles. The number of methoxy groups -OCH3 is 1. The van der Waals surface area contributed by atoms with Crippen LogP contribution in [0.4, 0.5) is 18.9 Å². The molecule has 0 saturated carbocycles. The van der Waals surface area contributed by atoms with E-state index < -0.39 is 29.6 Å². The molecule has 3 amide bonds. The first kappa shape index (κ1) is 24.4. The Kier molecular flexibility index (Phi) is 6.10. The molecule has 0 spiro atoms. The van der Waals surface area contributed by atoms with Crippen molar-refractivity contribution in [3.05, 3.63) is 83.4 Å². The van der Waals surface area contributed by atoms with Crippen molar-refractivity contribution >= 4 is 23.4 Å². The Labute approximate surface area is 210 Å². The fourth-order valence-electron chi connectivity index (χ4n) is 4.58. The maximum absolute atomic E-state index is 13.5. The van der Waals surface area contributed by atoms with E-state index in [1.54, 1.807) is 25.3 Å². The Balaban J connectivity index is 1.37. The fraction of sp³-hybridized carbons (Fsp3) is 0.222. The number of carbonyl (C=O) groups is 3. The van der Waals surface area contributed by atoms with Crippen LogP contribution in [0.2, 0.25) is 0 Å². The van der Waals surface area contributed by atoms with Gasteiger partial charge in [0, 0.05) is 18.7 Å². The summed E-state index contributed by atoms with van der Waals surface area (Å²) in [5.41, 5.74) is 1.60. The quantitative estimate of drug-likeness (QED) is 0.571. The van der Waals surface area contributed by atoms with Crippen molar-refractivity contribution in [3.63, 3.8) is 0 Å².